The number of hydrogen-bond acceptors (Lipinski definition) is 8. The Kier molecular flexibility index (Phi) is 11.2. The van der Waals surface area contributed by atoms with Crippen molar-refractivity contribution in [2.45, 2.75) is 117 Å². The normalized spacial score (nSPS) is 16.2. The molecule has 11 heteroatoms. The summed E-state index contributed by atoms with van der Waals surface area (Å²) in [5, 5.41) is 2.90. The third-order valence-electron chi connectivity index (χ3n) is 7.62. The first-order valence-corrected chi connectivity index (χ1v) is 16.8. The summed E-state index contributed by atoms with van der Waals surface area (Å²) in [6.07, 6.45) is 2.00. The van der Waals surface area contributed by atoms with Gasteiger partial charge in [0.05, 0.1) is 11.7 Å². The summed E-state index contributed by atoms with van der Waals surface area (Å²) in [4.78, 5) is 42.9. The molecule has 1 heterocycles. The van der Waals surface area contributed by atoms with Crippen molar-refractivity contribution in [1.29, 1.82) is 0 Å². The molecule has 1 fully saturated rings. The molecular formula is C37H52FN3O7. The Hall–Kier alpha value is -4.02. The minimum absolute atomic E-state index is 0.0157. The number of nitrogens with one attached hydrogen (secondary N) is 1. The SMILES string of the molecule is CC(C)(C)OC(=O)CNc1c(OCc2ccccc2)cc2c(c1F)C[C@H](CN(CCC1CC1)C(=O)OC(C)(C)C)N2C(=O)OC(C)(C)C. The van der Waals surface area contributed by atoms with Gasteiger partial charge in [0.2, 0.25) is 0 Å². The molecule has 1 atom stereocenters. The van der Waals surface area contributed by atoms with Crippen molar-refractivity contribution in [2.24, 2.45) is 5.92 Å². The number of benzene rings is 2. The van der Waals surface area contributed by atoms with Crippen LogP contribution in [0.3, 0.4) is 0 Å². The number of rotatable bonds is 11. The Labute approximate surface area is 284 Å². The lowest BCUT2D eigenvalue weighted by Gasteiger charge is -2.33. The average Bonchev–Trinajstić information content (AvgIpc) is 3.70. The van der Waals surface area contributed by atoms with Crippen molar-refractivity contribution in [3.8, 4) is 5.75 Å². The van der Waals surface area contributed by atoms with Crippen LogP contribution in [-0.2, 0) is 32.0 Å². The Morgan fingerprint density at radius 2 is 1.54 bits per heavy atom. The summed E-state index contributed by atoms with van der Waals surface area (Å²) in [6.45, 7) is 16.3. The van der Waals surface area contributed by atoms with Crippen LogP contribution < -0.4 is 15.0 Å². The molecule has 2 aromatic carbocycles. The predicted octanol–water partition coefficient (Wildman–Crippen LogP) is 7.86. The number of esters is 1. The lowest BCUT2D eigenvalue weighted by molar-refractivity contribution is -0.152. The monoisotopic (exact) mass is 669 g/mol. The van der Waals surface area contributed by atoms with Gasteiger partial charge in [0.15, 0.2) is 5.82 Å². The molecule has 2 amide bonds. The molecule has 0 aromatic heterocycles. The molecule has 264 valence electrons. The molecular weight excluding hydrogens is 617 g/mol. The maximum Gasteiger partial charge on any atom is 0.415 e. The summed E-state index contributed by atoms with van der Waals surface area (Å²) in [5.41, 5.74) is -0.909. The molecule has 0 saturated heterocycles. The van der Waals surface area contributed by atoms with E-state index in [1.54, 1.807) is 73.3 Å². The molecule has 1 N–H and O–H groups in total. The van der Waals surface area contributed by atoms with E-state index in [1.165, 1.54) is 4.90 Å². The second-order valence-electron chi connectivity index (χ2n) is 15.6. The molecule has 48 heavy (non-hydrogen) atoms. The van der Waals surface area contributed by atoms with E-state index in [0.29, 0.717) is 12.5 Å². The Morgan fingerprint density at radius 1 is 0.917 bits per heavy atom. The van der Waals surface area contributed by atoms with E-state index in [4.69, 9.17) is 18.9 Å². The summed E-state index contributed by atoms with van der Waals surface area (Å²) in [5.74, 6) is -0.547. The van der Waals surface area contributed by atoms with E-state index in [9.17, 15) is 14.4 Å². The van der Waals surface area contributed by atoms with Crippen LogP contribution in [0.4, 0.5) is 25.4 Å². The second kappa shape index (κ2) is 14.6. The minimum Gasteiger partial charge on any atom is -0.487 e. The number of halogens is 1. The van der Waals surface area contributed by atoms with Gasteiger partial charge in [-0.2, -0.15) is 0 Å². The van der Waals surface area contributed by atoms with E-state index in [0.717, 1.165) is 24.8 Å². The van der Waals surface area contributed by atoms with E-state index < -0.39 is 46.8 Å². The highest BCUT2D eigenvalue weighted by molar-refractivity contribution is 5.93. The molecule has 0 bridgehead atoms. The number of hydrogen-bond donors (Lipinski definition) is 1. The molecule has 1 aliphatic heterocycles. The number of fused-ring (bicyclic) bond motifs is 1. The van der Waals surface area contributed by atoms with E-state index >= 15 is 4.39 Å². The second-order valence-corrected chi connectivity index (χ2v) is 15.6. The van der Waals surface area contributed by atoms with Crippen molar-refractivity contribution in [2.75, 3.05) is 29.9 Å². The number of carbonyl (C=O) groups is 3. The van der Waals surface area contributed by atoms with Gasteiger partial charge in [-0.25, -0.2) is 14.0 Å². The Morgan fingerprint density at radius 3 is 2.12 bits per heavy atom. The molecule has 0 unspecified atom stereocenters. The van der Waals surface area contributed by atoms with Crippen molar-refractivity contribution >= 4 is 29.5 Å². The van der Waals surface area contributed by atoms with E-state index in [2.05, 4.69) is 5.32 Å². The van der Waals surface area contributed by atoms with Crippen LogP contribution >= 0.6 is 0 Å². The molecule has 10 nitrogen and oxygen atoms in total. The van der Waals surface area contributed by atoms with Gasteiger partial charge in [-0.3, -0.25) is 9.69 Å². The molecule has 1 saturated carbocycles. The standard InChI is InChI=1S/C37H52FN3O7/c1-35(2,3)46-30(42)21-39-32-29(45-23-25-13-11-10-12-14-25)20-28-27(31(32)38)19-26(41(28)34(44)48-37(7,8)9)22-40(18-17-24-15-16-24)33(43)47-36(4,5)6/h10-14,20,24,26,39H,15-19,21-23H2,1-9H3/t26-/m1/s1. The number of carbonyl (C=O) groups excluding carboxylic acids is 3. The minimum atomic E-state index is -0.832. The zero-order valence-electron chi connectivity index (χ0n) is 29.9. The van der Waals surface area contributed by atoms with Gasteiger partial charge in [-0.1, -0.05) is 43.2 Å². The topological polar surface area (TPSA) is 107 Å². The smallest absolute Gasteiger partial charge is 0.415 e. The number of amides is 2. The van der Waals surface area contributed by atoms with Crippen LogP contribution in [0.15, 0.2) is 36.4 Å². The van der Waals surface area contributed by atoms with Gasteiger partial charge in [0, 0.05) is 31.1 Å². The van der Waals surface area contributed by atoms with Gasteiger partial charge < -0.3 is 29.2 Å². The fraction of sp³-hybridized carbons (Fsp3) is 0.595. The molecule has 2 aromatic rings. The molecule has 0 spiro atoms. The summed E-state index contributed by atoms with van der Waals surface area (Å²) in [7, 11) is 0. The van der Waals surface area contributed by atoms with Gasteiger partial charge in [-0.05, 0) is 80.2 Å². The molecule has 4 rings (SSSR count). The Balaban J connectivity index is 1.72. The number of nitrogens with zero attached hydrogens (tertiary/aromatic N) is 2. The van der Waals surface area contributed by atoms with E-state index in [1.807, 2.05) is 30.3 Å². The van der Waals surface area contributed by atoms with Crippen molar-refractivity contribution in [1.82, 2.24) is 4.90 Å². The van der Waals surface area contributed by atoms with E-state index in [-0.39, 0.29) is 48.8 Å². The largest absolute Gasteiger partial charge is 0.487 e. The first-order chi connectivity index (χ1) is 22.3. The van der Waals surface area contributed by atoms with Crippen molar-refractivity contribution < 1.29 is 37.7 Å². The molecule has 1 aliphatic carbocycles. The summed E-state index contributed by atoms with van der Waals surface area (Å²) < 4.78 is 39.8. The zero-order valence-corrected chi connectivity index (χ0v) is 29.9. The summed E-state index contributed by atoms with van der Waals surface area (Å²) >= 11 is 0. The third kappa shape index (κ3) is 10.8. The van der Waals surface area contributed by atoms with Crippen LogP contribution in [-0.4, -0.2) is 65.5 Å². The average molecular weight is 670 g/mol. The molecule has 2 aliphatic rings. The number of anilines is 2. The van der Waals surface area contributed by atoms with Crippen LogP contribution in [0.1, 0.15) is 92.7 Å². The first-order valence-electron chi connectivity index (χ1n) is 16.8. The highest BCUT2D eigenvalue weighted by Gasteiger charge is 2.42. The van der Waals surface area contributed by atoms with Gasteiger partial charge in [0.25, 0.3) is 0 Å². The van der Waals surface area contributed by atoms with Crippen molar-refractivity contribution in [3.63, 3.8) is 0 Å². The fourth-order valence-corrected chi connectivity index (χ4v) is 5.43. The predicted molar refractivity (Wildman–Crippen MR) is 183 cm³/mol. The van der Waals surface area contributed by atoms with Crippen LogP contribution in [0, 0.1) is 11.7 Å². The zero-order chi connectivity index (χ0) is 35.4. The highest BCUT2D eigenvalue weighted by Crippen LogP contribution is 2.44. The first kappa shape index (κ1) is 36.8. The Bertz CT molecular complexity index is 1460. The molecule has 0 radical (unpaired) electrons. The van der Waals surface area contributed by atoms with Crippen LogP contribution in [0.5, 0.6) is 5.75 Å². The van der Waals surface area contributed by atoms with Gasteiger partial charge in [0.1, 0.15) is 41.4 Å². The van der Waals surface area contributed by atoms with Gasteiger partial charge >= 0.3 is 18.2 Å². The highest BCUT2D eigenvalue weighted by atomic mass is 19.1. The van der Waals surface area contributed by atoms with Crippen molar-refractivity contribution in [3.05, 3.63) is 53.3 Å². The third-order valence-corrected chi connectivity index (χ3v) is 7.62. The maximum absolute atomic E-state index is 16.7. The lowest BCUT2D eigenvalue weighted by atomic mass is 10.1. The fourth-order valence-electron chi connectivity index (χ4n) is 5.43. The quantitative estimate of drug-likeness (QED) is 0.190. The van der Waals surface area contributed by atoms with Crippen LogP contribution in [0.25, 0.3) is 0 Å². The maximum atomic E-state index is 16.7. The lowest BCUT2D eigenvalue weighted by Crippen LogP contribution is -2.49. The van der Waals surface area contributed by atoms with Crippen LogP contribution in [0.2, 0.25) is 0 Å². The number of ether oxygens (including phenoxy) is 4. The summed E-state index contributed by atoms with van der Waals surface area (Å²) in [6, 6.07) is 10.3. The van der Waals surface area contributed by atoms with Gasteiger partial charge in [-0.15, -0.1) is 0 Å².